The van der Waals surface area contributed by atoms with Gasteiger partial charge in [-0.15, -0.1) is 0 Å². The van der Waals surface area contributed by atoms with E-state index in [0.29, 0.717) is 16.3 Å². The smallest absolute Gasteiger partial charge is 0.270 e. The van der Waals surface area contributed by atoms with Crippen LogP contribution in [-0.4, -0.2) is 29.4 Å². The molecule has 30 heavy (non-hydrogen) atoms. The maximum Gasteiger partial charge on any atom is 0.270 e. The third kappa shape index (κ3) is 3.66. The summed E-state index contributed by atoms with van der Waals surface area (Å²) in [6.07, 6.45) is 0.371. The number of aromatic nitrogens is 1. The number of aliphatic imine (C=N–C) groups is 1. The molecule has 2 unspecified atom stereocenters. The number of halogens is 3. The molecular weight excluding hydrogens is 416 g/mol. The number of hydrogen-bond donors (Lipinski definition) is 1. The van der Waals surface area contributed by atoms with Crippen LogP contribution >= 0.6 is 11.6 Å². The minimum atomic E-state index is -1.16. The van der Waals surface area contributed by atoms with Crippen LogP contribution < -0.4 is 10.5 Å². The lowest BCUT2D eigenvalue weighted by molar-refractivity contribution is -0.125. The molecule has 0 saturated carbocycles. The lowest BCUT2D eigenvalue weighted by Crippen LogP contribution is -2.43. The van der Waals surface area contributed by atoms with E-state index in [0.717, 1.165) is 6.07 Å². The van der Waals surface area contributed by atoms with Crippen LogP contribution in [0.5, 0.6) is 0 Å². The number of benzene rings is 2. The second kappa shape index (κ2) is 7.87. The third-order valence-corrected chi connectivity index (χ3v) is 5.13. The molecule has 2 atom stereocenters. The molecule has 0 fully saturated rings. The number of pyridine rings is 1. The van der Waals surface area contributed by atoms with Gasteiger partial charge in [0, 0.05) is 22.2 Å². The van der Waals surface area contributed by atoms with E-state index in [1.54, 1.807) is 31.2 Å². The summed E-state index contributed by atoms with van der Waals surface area (Å²) in [6, 6.07) is 9.79. The van der Waals surface area contributed by atoms with Crippen LogP contribution in [0.4, 0.5) is 14.5 Å². The second-order valence-corrected chi connectivity index (χ2v) is 7.34. The van der Waals surface area contributed by atoms with Crippen LogP contribution in [0.2, 0.25) is 5.02 Å². The Morgan fingerprint density at radius 3 is 2.77 bits per heavy atom. The number of carbonyl (C=O) groups is 1. The number of nitrogens with one attached hydrogen (secondary N) is 1. The van der Waals surface area contributed by atoms with Crippen LogP contribution in [0.1, 0.15) is 12.5 Å². The number of ether oxygens (including phenoxy) is 1. The van der Waals surface area contributed by atoms with Gasteiger partial charge >= 0.3 is 0 Å². The molecule has 9 heteroatoms. The van der Waals surface area contributed by atoms with E-state index in [2.05, 4.69) is 9.98 Å². The molecule has 0 radical (unpaired) electrons. The van der Waals surface area contributed by atoms with Gasteiger partial charge in [0.2, 0.25) is 11.7 Å². The number of hydrogen-bond acceptors (Lipinski definition) is 4. The summed E-state index contributed by atoms with van der Waals surface area (Å²) < 4.78 is 33.3. The zero-order chi connectivity index (χ0) is 21.4. The quantitative estimate of drug-likeness (QED) is 0.682. The summed E-state index contributed by atoms with van der Waals surface area (Å²) in [4.78, 5) is 33.1. The van der Waals surface area contributed by atoms with Gasteiger partial charge in [0.25, 0.3) is 5.91 Å². The molecule has 1 aromatic heterocycles. The fourth-order valence-corrected chi connectivity index (χ4v) is 3.57. The monoisotopic (exact) mass is 431 g/mol. The van der Waals surface area contributed by atoms with Crippen molar-refractivity contribution in [1.29, 1.82) is 0 Å². The maximum atomic E-state index is 14.2. The zero-order valence-corrected chi connectivity index (χ0v) is 16.5. The van der Waals surface area contributed by atoms with Gasteiger partial charge in [0.1, 0.15) is 0 Å². The first-order valence-corrected chi connectivity index (χ1v) is 9.47. The third-order valence-electron chi connectivity index (χ3n) is 4.89. The molecule has 154 valence electrons. The second-order valence-electron chi connectivity index (χ2n) is 6.90. The highest BCUT2D eigenvalue weighted by molar-refractivity contribution is 6.30. The predicted molar refractivity (Wildman–Crippen MR) is 110 cm³/mol. The number of nitrogens with zero attached hydrogens (tertiary/aromatic N) is 2. The predicted octanol–water partition coefficient (Wildman–Crippen LogP) is 3.81. The van der Waals surface area contributed by atoms with Crippen molar-refractivity contribution < 1.29 is 18.3 Å². The van der Waals surface area contributed by atoms with Gasteiger partial charge in [-0.3, -0.25) is 14.6 Å². The Hall–Kier alpha value is -3.26. The SMILES string of the molecule is CC1N=COC1C(=O)N(Cc1cc(=O)[nH]c2c(F)c(F)ccc12)c1cccc(Cl)c1. The van der Waals surface area contributed by atoms with Crippen LogP contribution in [0.15, 0.2) is 52.3 Å². The minimum Gasteiger partial charge on any atom is -0.468 e. The highest BCUT2D eigenvalue weighted by atomic mass is 35.5. The van der Waals surface area contributed by atoms with Gasteiger partial charge < -0.3 is 14.6 Å². The summed E-state index contributed by atoms with van der Waals surface area (Å²) in [5.74, 6) is -2.64. The van der Waals surface area contributed by atoms with Crippen LogP contribution in [0, 0.1) is 11.6 Å². The Morgan fingerprint density at radius 1 is 1.27 bits per heavy atom. The zero-order valence-electron chi connectivity index (χ0n) is 15.7. The summed E-state index contributed by atoms with van der Waals surface area (Å²) in [6.45, 7) is 1.65. The Balaban J connectivity index is 1.82. The number of carbonyl (C=O) groups excluding carboxylic acids is 1. The fraction of sp³-hybridized carbons (Fsp3) is 0.190. The molecule has 0 saturated heterocycles. The molecule has 0 spiro atoms. The van der Waals surface area contributed by atoms with E-state index in [9.17, 15) is 18.4 Å². The largest absolute Gasteiger partial charge is 0.468 e. The lowest BCUT2D eigenvalue weighted by atomic mass is 10.1. The average molecular weight is 432 g/mol. The number of amides is 1. The van der Waals surface area contributed by atoms with E-state index in [1.165, 1.54) is 23.4 Å². The Bertz CT molecular complexity index is 1230. The van der Waals surface area contributed by atoms with Gasteiger partial charge in [0.05, 0.1) is 18.1 Å². The van der Waals surface area contributed by atoms with Crippen molar-refractivity contribution in [3.05, 3.63) is 75.0 Å². The molecule has 0 bridgehead atoms. The van der Waals surface area contributed by atoms with Crippen LogP contribution in [0.3, 0.4) is 0 Å². The fourth-order valence-electron chi connectivity index (χ4n) is 3.38. The molecule has 0 aliphatic carbocycles. The molecule has 1 N–H and O–H groups in total. The molecule has 6 nitrogen and oxygen atoms in total. The standard InChI is InChI=1S/C21H16ClF2N3O3/c1-11-20(30-10-25-11)21(29)27(14-4-2-3-13(22)8-14)9-12-7-17(28)26-19-15(12)5-6-16(23)18(19)24/h2-8,10-11,20H,9H2,1H3,(H,26,28). The molecule has 2 heterocycles. The molecule has 4 rings (SSSR count). The number of fused-ring (bicyclic) bond motifs is 1. The first-order valence-electron chi connectivity index (χ1n) is 9.09. The number of rotatable bonds is 4. The van der Waals surface area contributed by atoms with Gasteiger partial charge in [-0.2, -0.15) is 0 Å². The minimum absolute atomic E-state index is 0.0861. The van der Waals surface area contributed by atoms with Crippen LogP contribution in [-0.2, 0) is 16.1 Å². The first-order chi connectivity index (χ1) is 14.3. The number of anilines is 1. The highest BCUT2D eigenvalue weighted by Crippen LogP contribution is 2.27. The van der Waals surface area contributed by atoms with Crippen molar-refractivity contribution in [3.8, 4) is 0 Å². The van der Waals surface area contributed by atoms with E-state index in [1.807, 2.05) is 0 Å². The van der Waals surface area contributed by atoms with E-state index < -0.39 is 35.2 Å². The van der Waals surface area contributed by atoms with Gasteiger partial charge in [-0.05, 0) is 42.8 Å². The van der Waals surface area contributed by atoms with Crippen molar-refractivity contribution in [1.82, 2.24) is 4.98 Å². The van der Waals surface area contributed by atoms with Gasteiger partial charge in [0.15, 0.2) is 18.0 Å². The maximum absolute atomic E-state index is 14.2. The van der Waals surface area contributed by atoms with Crippen LogP contribution in [0.25, 0.3) is 10.9 Å². The molecule has 1 aliphatic rings. The van der Waals surface area contributed by atoms with Gasteiger partial charge in [-0.1, -0.05) is 17.7 Å². The Labute approximate surface area is 174 Å². The van der Waals surface area contributed by atoms with E-state index in [4.69, 9.17) is 16.3 Å². The topological polar surface area (TPSA) is 74.8 Å². The number of H-pyrrole nitrogens is 1. The Morgan fingerprint density at radius 2 is 2.07 bits per heavy atom. The number of aromatic amines is 1. The molecule has 1 amide bonds. The normalized spacial score (nSPS) is 17.9. The van der Waals surface area contributed by atoms with Crippen molar-refractivity contribution in [3.63, 3.8) is 0 Å². The van der Waals surface area contributed by atoms with Crippen molar-refractivity contribution in [2.75, 3.05) is 4.90 Å². The summed E-state index contributed by atoms with van der Waals surface area (Å²) >= 11 is 6.10. The molecular formula is C21H16ClF2N3O3. The molecule has 2 aromatic carbocycles. The first kappa shape index (κ1) is 20.0. The molecule has 3 aromatic rings. The lowest BCUT2D eigenvalue weighted by Gasteiger charge is -2.27. The summed E-state index contributed by atoms with van der Waals surface area (Å²) in [5, 5.41) is 0.691. The van der Waals surface area contributed by atoms with Crippen molar-refractivity contribution >= 4 is 40.5 Å². The van der Waals surface area contributed by atoms with Gasteiger partial charge in [-0.25, -0.2) is 8.78 Å². The summed E-state index contributed by atoms with van der Waals surface area (Å²) in [5.41, 5.74) is -0.0714. The highest BCUT2D eigenvalue weighted by Gasteiger charge is 2.34. The average Bonchev–Trinajstić information content (AvgIpc) is 3.14. The van der Waals surface area contributed by atoms with E-state index in [-0.39, 0.29) is 17.4 Å². The Kier molecular flexibility index (Phi) is 5.26. The van der Waals surface area contributed by atoms with Crippen molar-refractivity contribution in [2.45, 2.75) is 25.6 Å². The van der Waals surface area contributed by atoms with E-state index >= 15 is 0 Å². The summed E-state index contributed by atoms with van der Waals surface area (Å²) in [7, 11) is 0. The molecule has 1 aliphatic heterocycles. The van der Waals surface area contributed by atoms with Crippen molar-refractivity contribution in [2.24, 2.45) is 4.99 Å².